The van der Waals surface area contributed by atoms with Crippen molar-refractivity contribution < 1.29 is 121 Å². The number of quaternary nitrogens is 4. The summed E-state index contributed by atoms with van der Waals surface area (Å²) in [7, 11) is 0. The molecule has 3 saturated heterocycles. The Bertz CT molecular complexity index is 1050. The van der Waals surface area contributed by atoms with Crippen LogP contribution < -0.4 is 98.0 Å². The van der Waals surface area contributed by atoms with Crippen molar-refractivity contribution in [2.24, 2.45) is 0 Å². The molecule has 0 aromatic heterocycles. The number of unbranched alkanes of at least 4 members (excludes halogenated alkanes) is 5. The summed E-state index contributed by atoms with van der Waals surface area (Å²) in [6.07, 6.45) is 9.05. The highest BCUT2D eigenvalue weighted by Gasteiger charge is 2.42. The number of hydrogen-bond acceptors (Lipinski definition) is 7. The second-order valence-electron chi connectivity index (χ2n) is 13.8. The first kappa shape index (κ1) is 57.1. The minimum Gasteiger partial charge on any atom is -1.00 e. The van der Waals surface area contributed by atoms with E-state index in [1.165, 1.54) is 25.7 Å². The monoisotopic (exact) mass is 893 g/mol. The SMILES string of the molecule is O=C(O)CN1CC[NH+](CC(=O)O)CC[NH+](CC(=O)O)CC[NH+](CC(=O)NCCCCCC[NH2+]CCCCC[C@@H]2SC[C@@H]3NC(=O)N[C@@H]32)CC1.[Cl-].[Cl-].[Cl-].[Cl-].[Cl-]. The van der Waals surface area contributed by atoms with E-state index in [2.05, 4.69) is 21.3 Å². The van der Waals surface area contributed by atoms with Gasteiger partial charge in [0.05, 0.1) is 44.8 Å². The lowest BCUT2D eigenvalue weighted by Crippen LogP contribution is -3.25. The maximum Gasteiger partial charge on any atom is 0.359 e. The van der Waals surface area contributed by atoms with E-state index in [1.54, 1.807) is 4.90 Å². The number of fused-ring (bicyclic) bond motifs is 1. The van der Waals surface area contributed by atoms with Gasteiger partial charge in [0.2, 0.25) is 0 Å². The zero-order chi connectivity index (χ0) is 35.4. The molecule has 0 aromatic carbocycles. The number of thioether (sulfide) groups is 1. The van der Waals surface area contributed by atoms with Gasteiger partial charge in [0.1, 0.15) is 26.2 Å². The summed E-state index contributed by atoms with van der Waals surface area (Å²) in [4.78, 5) is 63.1. The van der Waals surface area contributed by atoms with Gasteiger partial charge in [-0.1, -0.05) is 12.8 Å². The molecule has 0 saturated carbocycles. The Balaban J connectivity index is -0.00000520. The number of nitrogens with two attached hydrogens (primary N) is 1. The van der Waals surface area contributed by atoms with Gasteiger partial charge < -0.3 is 113 Å². The number of nitrogens with one attached hydrogen (secondary N) is 6. The summed E-state index contributed by atoms with van der Waals surface area (Å²) in [5, 5.41) is 40.2. The molecule has 0 bridgehead atoms. The largest absolute Gasteiger partial charge is 1.00 e. The van der Waals surface area contributed by atoms with Crippen LogP contribution >= 0.6 is 11.8 Å². The summed E-state index contributed by atoms with van der Waals surface area (Å²) in [6.45, 7) is 6.60. The van der Waals surface area contributed by atoms with E-state index in [-0.39, 0.29) is 100 Å². The number of carbonyl (C=O) groups is 5. The van der Waals surface area contributed by atoms with E-state index in [9.17, 15) is 39.3 Å². The minimum absolute atomic E-state index is 0. The maximum absolute atomic E-state index is 12.8. The molecule has 22 heteroatoms. The molecule has 3 amide bonds. The Hall–Kier alpha value is -1.25. The lowest BCUT2D eigenvalue weighted by Gasteiger charge is -2.29. The van der Waals surface area contributed by atoms with Crippen molar-refractivity contribution in [2.45, 2.75) is 68.7 Å². The van der Waals surface area contributed by atoms with Gasteiger partial charge in [0, 0.05) is 30.6 Å². The molecular weight excluding hydrogens is 834 g/mol. The third-order valence-corrected chi connectivity index (χ3v) is 11.3. The lowest BCUT2D eigenvalue weighted by molar-refractivity contribution is -0.974. The van der Waals surface area contributed by atoms with E-state index < -0.39 is 17.9 Å². The number of carbonyl (C=O) groups excluding carboxylic acids is 2. The van der Waals surface area contributed by atoms with Gasteiger partial charge >= 0.3 is 23.9 Å². The number of amides is 3. The summed E-state index contributed by atoms with van der Waals surface area (Å²) in [5.41, 5.74) is 0. The highest BCUT2D eigenvalue weighted by molar-refractivity contribution is 8.00. The predicted octanol–water partition coefficient (Wildman–Crippen LogP) is -20.8. The van der Waals surface area contributed by atoms with E-state index in [0.29, 0.717) is 76.2 Å². The molecule has 3 aliphatic rings. The summed E-state index contributed by atoms with van der Waals surface area (Å²) >= 11 is 1.98. The predicted molar refractivity (Wildman–Crippen MR) is 183 cm³/mol. The second kappa shape index (κ2) is 32.8. The Morgan fingerprint density at radius 3 is 1.78 bits per heavy atom. The molecule has 3 aliphatic heterocycles. The fourth-order valence-electron chi connectivity index (χ4n) is 7.02. The molecule has 3 rings (SSSR count). The molecule has 3 heterocycles. The molecular formula is C32H62Cl5N8O8S-. The fourth-order valence-corrected chi connectivity index (χ4v) is 8.56. The number of rotatable bonds is 21. The molecule has 3 unspecified atom stereocenters. The summed E-state index contributed by atoms with van der Waals surface area (Å²) in [6, 6.07) is 0.583. The number of carboxylic acids is 3. The molecule has 3 fully saturated rings. The average Bonchev–Trinajstić information content (AvgIpc) is 3.59. The van der Waals surface area contributed by atoms with Crippen molar-refractivity contribution in [3.05, 3.63) is 0 Å². The standard InChI is InChI=1S/C32H58N8O8S.5ClH/c41-27(34-11-7-2-1-5-9-33-10-6-3-4-8-26-31-25(24-49-26)35-32(48)36-31)20-37-12-14-38(21-28(42)43)16-18-40(23-30(46)47)19-17-39(15-13-37)22-29(44)45;;;;;/h25-26,31,33H,1-24H2,(H,34,41)(H,42,43)(H,44,45)(H,46,47)(H2,35,36,48);5*1H/p-1/t25-,26-,31-;;;;;/m0...../s1. The average molecular weight is 896 g/mol. The highest BCUT2D eigenvalue weighted by atomic mass is 35.5. The van der Waals surface area contributed by atoms with Crippen LogP contribution in [-0.4, -0.2) is 171 Å². The van der Waals surface area contributed by atoms with Crippen molar-refractivity contribution in [3.63, 3.8) is 0 Å². The van der Waals surface area contributed by atoms with Gasteiger partial charge in [-0.2, -0.15) is 11.8 Å². The normalized spacial score (nSPS) is 24.0. The van der Waals surface area contributed by atoms with Crippen LogP contribution in [0.5, 0.6) is 0 Å². The summed E-state index contributed by atoms with van der Waals surface area (Å²) < 4.78 is 0. The van der Waals surface area contributed by atoms with Gasteiger partial charge in [-0.25, -0.2) is 14.4 Å². The number of urea groups is 1. The van der Waals surface area contributed by atoms with Crippen LogP contribution in [-0.2, 0) is 19.2 Å². The van der Waals surface area contributed by atoms with Gasteiger partial charge in [0.25, 0.3) is 5.91 Å². The van der Waals surface area contributed by atoms with E-state index >= 15 is 0 Å². The number of nitrogens with zero attached hydrogens (tertiary/aromatic N) is 1. The molecule has 0 aromatic rings. The van der Waals surface area contributed by atoms with E-state index in [4.69, 9.17) is 0 Å². The first-order valence-corrected chi connectivity index (χ1v) is 19.3. The number of hydrogen-bond donors (Lipinski definition) is 10. The Morgan fingerprint density at radius 2 is 1.22 bits per heavy atom. The molecule has 6 atom stereocenters. The second-order valence-corrected chi connectivity index (χ2v) is 15.1. The number of halogens is 5. The van der Waals surface area contributed by atoms with Crippen LogP contribution in [0.2, 0.25) is 0 Å². The Labute approximate surface area is 354 Å². The molecule has 16 nitrogen and oxygen atoms in total. The first-order chi connectivity index (χ1) is 23.6. The van der Waals surface area contributed by atoms with Gasteiger partial charge in [0.15, 0.2) is 19.6 Å². The van der Waals surface area contributed by atoms with Gasteiger partial charge in [-0.05, 0) is 38.5 Å². The first-order valence-electron chi connectivity index (χ1n) is 18.2. The zero-order valence-electron chi connectivity index (χ0n) is 30.9. The highest BCUT2D eigenvalue weighted by Crippen LogP contribution is 2.33. The van der Waals surface area contributed by atoms with Gasteiger partial charge in [-0.15, -0.1) is 0 Å². The van der Waals surface area contributed by atoms with Crippen LogP contribution in [0.15, 0.2) is 0 Å². The topological polar surface area (TPSA) is 215 Å². The molecule has 0 aliphatic carbocycles. The van der Waals surface area contributed by atoms with E-state index in [1.807, 2.05) is 11.8 Å². The van der Waals surface area contributed by atoms with Crippen LogP contribution in [0.1, 0.15) is 51.4 Å². The number of aliphatic carboxylic acids is 3. The molecule has 11 N–H and O–H groups in total. The quantitative estimate of drug-likeness (QED) is 0.0388. The van der Waals surface area contributed by atoms with E-state index in [0.717, 1.165) is 59.2 Å². The van der Waals surface area contributed by atoms with Crippen molar-refractivity contribution in [2.75, 3.05) is 104 Å². The molecule has 0 spiro atoms. The molecule has 54 heavy (non-hydrogen) atoms. The van der Waals surface area contributed by atoms with Gasteiger partial charge in [-0.3, -0.25) is 14.5 Å². The molecule has 0 radical (unpaired) electrons. The van der Waals surface area contributed by atoms with Crippen LogP contribution in [0.4, 0.5) is 4.79 Å². The van der Waals surface area contributed by atoms with Crippen molar-refractivity contribution in [1.29, 1.82) is 0 Å². The lowest BCUT2D eigenvalue weighted by atomic mass is 10.0. The van der Waals surface area contributed by atoms with Crippen LogP contribution in [0.25, 0.3) is 0 Å². The smallest absolute Gasteiger partial charge is 0.359 e. The maximum atomic E-state index is 12.8. The Morgan fingerprint density at radius 1 is 0.704 bits per heavy atom. The van der Waals surface area contributed by atoms with Crippen molar-refractivity contribution in [3.8, 4) is 0 Å². The zero-order valence-corrected chi connectivity index (χ0v) is 35.5. The molecule has 320 valence electrons. The van der Waals surface area contributed by atoms with Crippen LogP contribution in [0.3, 0.4) is 0 Å². The fraction of sp³-hybridized carbons (Fsp3) is 0.844. The third-order valence-electron chi connectivity index (χ3n) is 9.79. The third kappa shape index (κ3) is 24.4. The van der Waals surface area contributed by atoms with Crippen LogP contribution in [0, 0.1) is 0 Å². The van der Waals surface area contributed by atoms with Crippen molar-refractivity contribution in [1.82, 2.24) is 20.9 Å². The minimum atomic E-state index is -0.954. The Kier molecular flexibility index (Phi) is 34.7. The van der Waals surface area contributed by atoms with Crippen molar-refractivity contribution >= 4 is 41.6 Å². The summed E-state index contributed by atoms with van der Waals surface area (Å²) in [5.74, 6) is -1.87. The number of carboxylic acid groups (broad SMARTS) is 3.